The Morgan fingerprint density at radius 2 is 2.23 bits per heavy atom. The number of hydrogen-bond acceptors (Lipinski definition) is 6. The number of imidazole rings is 1. The average molecular weight is 486 g/mol. The Hall–Kier alpha value is -1.65. The summed E-state index contributed by atoms with van der Waals surface area (Å²) in [7, 11) is 1.58. The lowest BCUT2D eigenvalue weighted by Gasteiger charge is -2.23. The molecule has 4 rings (SSSR count). The molecular weight excluding hydrogens is 469 g/mol. The number of benzene rings is 1. The zero-order chi connectivity index (χ0) is 18.1. The predicted molar refractivity (Wildman–Crippen MR) is 108 cm³/mol. The molecule has 0 aliphatic carbocycles. The number of aromatic nitrogens is 4. The van der Waals surface area contributed by atoms with E-state index in [1.807, 2.05) is 16.7 Å². The lowest BCUT2D eigenvalue weighted by Crippen LogP contribution is -2.18. The lowest BCUT2D eigenvalue weighted by molar-refractivity contribution is -0.0298. The molecule has 0 saturated carbocycles. The van der Waals surface area contributed by atoms with Crippen molar-refractivity contribution in [2.75, 3.05) is 19.0 Å². The molecule has 136 valence electrons. The van der Waals surface area contributed by atoms with E-state index in [4.69, 9.17) is 21.1 Å². The van der Waals surface area contributed by atoms with Crippen molar-refractivity contribution in [1.29, 1.82) is 0 Å². The van der Waals surface area contributed by atoms with Crippen LogP contribution in [0.5, 0.6) is 5.75 Å². The number of rotatable bonds is 4. The van der Waals surface area contributed by atoms with Crippen LogP contribution in [0, 0.1) is 3.83 Å². The third-order valence-electron chi connectivity index (χ3n) is 4.28. The molecule has 1 saturated heterocycles. The van der Waals surface area contributed by atoms with Crippen LogP contribution in [0.1, 0.15) is 25.5 Å². The average Bonchev–Trinajstić information content (AvgIpc) is 3.06. The van der Waals surface area contributed by atoms with Gasteiger partial charge in [0.05, 0.1) is 24.1 Å². The van der Waals surface area contributed by atoms with Crippen molar-refractivity contribution in [3.63, 3.8) is 0 Å². The summed E-state index contributed by atoms with van der Waals surface area (Å²) in [5.74, 6) is 1.17. The maximum Gasteiger partial charge on any atom is 0.194 e. The maximum absolute atomic E-state index is 6.22. The molecule has 0 spiro atoms. The Balaban J connectivity index is 1.76. The summed E-state index contributed by atoms with van der Waals surface area (Å²) in [6, 6.07) is 5.51. The molecule has 1 aromatic carbocycles. The van der Waals surface area contributed by atoms with Gasteiger partial charge in [-0.15, -0.1) is 0 Å². The van der Waals surface area contributed by atoms with Crippen LogP contribution < -0.4 is 10.1 Å². The number of ether oxygens (including phenoxy) is 2. The summed E-state index contributed by atoms with van der Waals surface area (Å²) in [6.45, 7) is 0.761. The number of nitrogens with one attached hydrogen (secondary N) is 1. The van der Waals surface area contributed by atoms with E-state index in [9.17, 15) is 0 Å². The van der Waals surface area contributed by atoms with Crippen LogP contribution >= 0.6 is 34.2 Å². The molecule has 3 aromatic rings. The Labute approximate surface area is 169 Å². The molecule has 1 atom stereocenters. The van der Waals surface area contributed by atoms with E-state index >= 15 is 0 Å². The highest BCUT2D eigenvalue weighted by atomic mass is 127. The van der Waals surface area contributed by atoms with E-state index < -0.39 is 0 Å². The van der Waals surface area contributed by atoms with Gasteiger partial charge in [-0.3, -0.25) is 4.57 Å². The first kappa shape index (κ1) is 17.7. The summed E-state index contributed by atoms with van der Waals surface area (Å²) in [6.07, 6.45) is 4.92. The largest absolute Gasteiger partial charge is 0.493 e. The topological polar surface area (TPSA) is 74.1 Å². The minimum Gasteiger partial charge on any atom is -0.493 e. The summed E-state index contributed by atoms with van der Waals surface area (Å²) in [4.78, 5) is 13.6. The first-order valence-corrected chi connectivity index (χ1v) is 9.74. The summed E-state index contributed by atoms with van der Waals surface area (Å²) < 4.78 is 13.9. The highest BCUT2D eigenvalue weighted by Crippen LogP contribution is 2.36. The predicted octanol–water partition coefficient (Wildman–Crippen LogP) is 4.54. The van der Waals surface area contributed by atoms with Gasteiger partial charge < -0.3 is 14.8 Å². The van der Waals surface area contributed by atoms with Crippen molar-refractivity contribution in [3.8, 4) is 5.75 Å². The Morgan fingerprint density at radius 3 is 3.00 bits per heavy atom. The fraction of sp³-hybridized carbons (Fsp3) is 0.353. The normalized spacial score (nSPS) is 17.4. The van der Waals surface area contributed by atoms with Gasteiger partial charge >= 0.3 is 0 Å². The van der Waals surface area contributed by atoms with E-state index in [1.54, 1.807) is 19.5 Å². The van der Waals surface area contributed by atoms with E-state index in [-0.39, 0.29) is 6.23 Å². The van der Waals surface area contributed by atoms with Crippen molar-refractivity contribution >= 4 is 56.9 Å². The number of anilines is 2. The van der Waals surface area contributed by atoms with Crippen LogP contribution in [0.25, 0.3) is 11.2 Å². The molecular formula is C17H17ClIN5O2. The molecule has 2 aromatic heterocycles. The molecule has 1 N–H and O–H groups in total. The zero-order valence-corrected chi connectivity index (χ0v) is 17.0. The van der Waals surface area contributed by atoms with Crippen molar-refractivity contribution in [1.82, 2.24) is 19.5 Å². The molecule has 1 fully saturated rings. The third-order valence-corrected chi connectivity index (χ3v) is 5.06. The molecule has 3 heterocycles. The molecule has 9 heteroatoms. The molecule has 1 aliphatic rings. The van der Waals surface area contributed by atoms with Gasteiger partial charge in [-0.05, 0) is 31.4 Å². The molecule has 7 nitrogen and oxygen atoms in total. The van der Waals surface area contributed by atoms with Crippen LogP contribution in [0.4, 0.5) is 11.5 Å². The third kappa shape index (κ3) is 3.33. The van der Waals surface area contributed by atoms with Crippen molar-refractivity contribution in [3.05, 3.63) is 33.4 Å². The van der Waals surface area contributed by atoms with Gasteiger partial charge in [0.1, 0.15) is 6.23 Å². The van der Waals surface area contributed by atoms with Crippen molar-refractivity contribution in [2.45, 2.75) is 25.5 Å². The van der Waals surface area contributed by atoms with Gasteiger partial charge in [0.25, 0.3) is 0 Å². The first-order chi connectivity index (χ1) is 12.7. The second-order valence-electron chi connectivity index (χ2n) is 5.93. The number of methoxy groups -OCH3 is 1. The van der Waals surface area contributed by atoms with Crippen LogP contribution in [0.15, 0.2) is 24.5 Å². The minimum atomic E-state index is -0.0343. The van der Waals surface area contributed by atoms with Crippen LogP contribution in [0.2, 0.25) is 5.02 Å². The maximum atomic E-state index is 6.22. The smallest absolute Gasteiger partial charge is 0.194 e. The summed E-state index contributed by atoms with van der Waals surface area (Å²) >= 11 is 8.32. The SMILES string of the molecule is COc1c(Cl)cccc1Nc1nc(I)nc2c1ncn2C1CCCCO1. The van der Waals surface area contributed by atoms with Crippen LogP contribution in [0.3, 0.4) is 0 Å². The van der Waals surface area contributed by atoms with Crippen LogP contribution in [-0.2, 0) is 4.74 Å². The van der Waals surface area contributed by atoms with Crippen molar-refractivity contribution < 1.29 is 9.47 Å². The number of halogens is 2. The molecule has 1 unspecified atom stereocenters. The molecule has 0 amide bonds. The quantitative estimate of drug-likeness (QED) is 0.432. The number of nitrogens with zero attached hydrogens (tertiary/aromatic N) is 4. The minimum absolute atomic E-state index is 0.0343. The Bertz CT molecular complexity index is 942. The second-order valence-corrected chi connectivity index (χ2v) is 7.30. The Kier molecular flexibility index (Phi) is 5.14. The molecule has 0 radical (unpaired) electrons. The van der Waals surface area contributed by atoms with Crippen molar-refractivity contribution in [2.24, 2.45) is 0 Å². The number of fused-ring (bicyclic) bond motifs is 1. The van der Waals surface area contributed by atoms with Gasteiger partial charge in [0.15, 0.2) is 26.6 Å². The fourth-order valence-corrected chi connectivity index (χ4v) is 3.79. The highest BCUT2D eigenvalue weighted by molar-refractivity contribution is 14.1. The van der Waals surface area contributed by atoms with E-state index in [2.05, 4.69) is 42.9 Å². The van der Waals surface area contributed by atoms with Gasteiger partial charge in [-0.1, -0.05) is 17.7 Å². The van der Waals surface area contributed by atoms with Gasteiger partial charge in [0, 0.05) is 29.2 Å². The Morgan fingerprint density at radius 1 is 1.35 bits per heavy atom. The van der Waals surface area contributed by atoms with Gasteiger partial charge in [-0.25, -0.2) is 15.0 Å². The number of hydrogen-bond donors (Lipinski definition) is 1. The van der Waals surface area contributed by atoms with Gasteiger partial charge in [0.2, 0.25) is 0 Å². The molecule has 0 bridgehead atoms. The van der Waals surface area contributed by atoms with E-state index in [1.165, 1.54) is 0 Å². The molecule has 1 aliphatic heterocycles. The fourth-order valence-electron chi connectivity index (χ4n) is 3.07. The lowest BCUT2D eigenvalue weighted by atomic mass is 10.2. The zero-order valence-electron chi connectivity index (χ0n) is 14.1. The monoisotopic (exact) mass is 485 g/mol. The standard InChI is InChI=1S/C17H17ClIN5O2/c1-25-14-10(18)5-4-6-11(14)21-15-13-16(23-17(19)22-15)24(9-20-13)12-7-2-3-8-26-12/h4-6,9,12H,2-3,7-8H2,1H3,(H,21,22,23). The number of para-hydroxylation sites is 1. The van der Waals surface area contributed by atoms with E-state index in [0.717, 1.165) is 37.2 Å². The highest BCUT2D eigenvalue weighted by Gasteiger charge is 2.21. The molecule has 26 heavy (non-hydrogen) atoms. The van der Waals surface area contributed by atoms with Crippen LogP contribution in [-0.4, -0.2) is 33.2 Å². The first-order valence-electron chi connectivity index (χ1n) is 8.28. The summed E-state index contributed by atoms with van der Waals surface area (Å²) in [5, 5.41) is 3.81. The van der Waals surface area contributed by atoms with E-state index in [0.29, 0.717) is 25.9 Å². The second kappa shape index (κ2) is 7.53. The summed E-state index contributed by atoms with van der Waals surface area (Å²) in [5.41, 5.74) is 2.15. The van der Waals surface area contributed by atoms with Gasteiger partial charge in [-0.2, -0.15) is 0 Å².